The van der Waals surface area contributed by atoms with Crippen LogP contribution in [0.2, 0.25) is 0 Å². The van der Waals surface area contributed by atoms with E-state index in [9.17, 15) is 0 Å². The van der Waals surface area contributed by atoms with E-state index in [1.54, 1.807) is 0 Å². The Morgan fingerprint density at radius 3 is 2.50 bits per heavy atom. The molecule has 1 N–H and O–H groups in total. The van der Waals surface area contributed by atoms with Gasteiger partial charge in [0.25, 0.3) is 0 Å². The summed E-state index contributed by atoms with van der Waals surface area (Å²) in [6.07, 6.45) is 4.22. The van der Waals surface area contributed by atoms with Crippen molar-refractivity contribution in [2.45, 2.75) is 66.5 Å². The molecule has 3 heteroatoms. The highest BCUT2D eigenvalue weighted by molar-refractivity contribution is 5.24. The van der Waals surface area contributed by atoms with Crippen molar-refractivity contribution in [1.82, 2.24) is 15.1 Å². The van der Waals surface area contributed by atoms with E-state index in [1.165, 1.54) is 36.2 Å². The maximum atomic E-state index is 4.53. The van der Waals surface area contributed by atoms with Gasteiger partial charge in [0.05, 0.1) is 5.69 Å². The number of fused-ring (bicyclic) bond motifs is 2. The minimum absolute atomic E-state index is 0.428. The summed E-state index contributed by atoms with van der Waals surface area (Å²) < 4.78 is 2.00. The summed E-state index contributed by atoms with van der Waals surface area (Å²) in [5, 5.41) is 8.44. The van der Waals surface area contributed by atoms with E-state index in [1.807, 2.05) is 11.7 Å². The summed E-state index contributed by atoms with van der Waals surface area (Å²) in [6.45, 7) is 12.7. The van der Waals surface area contributed by atoms with E-state index in [0.29, 0.717) is 16.9 Å². The summed E-state index contributed by atoms with van der Waals surface area (Å²) in [5.41, 5.74) is 4.77. The molecule has 2 aliphatic carbocycles. The first-order chi connectivity index (χ1) is 9.25. The highest BCUT2D eigenvalue weighted by Crippen LogP contribution is 2.62. The summed E-state index contributed by atoms with van der Waals surface area (Å²) in [4.78, 5) is 0. The number of rotatable bonds is 3. The van der Waals surface area contributed by atoms with Gasteiger partial charge in [-0.25, -0.2) is 0 Å². The Morgan fingerprint density at radius 1 is 1.30 bits per heavy atom. The van der Waals surface area contributed by atoms with Crippen molar-refractivity contribution in [3.8, 4) is 0 Å². The highest BCUT2D eigenvalue weighted by atomic mass is 15.3. The second-order valence-corrected chi connectivity index (χ2v) is 8.00. The van der Waals surface area contributed by atoms with Crippen LogP contribution in [0.15, 0.2) is 0 Å². The van der Waals surface area contributed by atoms with Crippen molar-refractivity contribution < 1.29 is 0 Å². The lowest BCUT2D eigenvalue weighted by Crippen LogP contribution is -2.50. The molecule has 20 heavy (non-hydrogen) atoms. The van der Waals surface area contributed by atoms with Gasteiger partial charge in [-0.2, -0.15) is 5.10 Å². The second-order valence-electron chi connectivity index (χ2n) is 8.00. The first kappa shape index (κ1) is 14.1. The highest BCUT2D eigenvalue weighted by Gasteiger charge is 2.58. The van der Waals surface area contributed by atoms with Gasteiger partial charge in [0.2, 0.25) is 0 Å². The second kappa shape index (κ2) is 4.33. The number of nitrogens with zero attached hydrogens (tertiary/aromatic N) is 2. The molecule has 1 unspecified atom stereocenters. The quantitative estimate of drug-likeness (QED) is 0.917. The monoisotopic (exact) mass is 275 g/mol. The van der Waals surface area contributed by atoms with Gasteiger partial charge in [-0.05, 0) is 49.9 Å². The molecule has 0 saturated heterocycles. The molecule has 3 atom stereocenters. The molecular formula is C17H29N3. The molecule has 2 bridgehead atoms. The predicted molar refractivity (Wildman–Crippen MR) is 82.5 cm³/mol. The van der Waals surface area contributed by atoms with Crippen LogP contribution < -0.4 is 5.32 Å². The molecular weight excluding hydrogens is 246 g/mol. The molecule has 1 heterocycles. The van der Waals surface area contributed by atoms with Crippen LogP contribution in [0.1, 0.15) is 57.0 Å². The molecule has 112 valence electrons. The third-order valence-corrected chi connectivity index (χ3v) is 6.41. The maximum absolute atomic E-state index is 4.53. The molecule has 0 radical (unpaired) electrons. The molecule has 2 fully saturated rings. The average molecular weight is 275 g/mol. The van der Waals surface area contributed by atoms with E-state index < -0.39 is 0 Å². The van der Waals surface area contributed by atoms with Crippen molar-refractivity contribution in [3.05, 3.63) is 17.0 Å². The lowest BCUT2D eigenvalue weighted by Gasteiger charge is -2.43. The van der Waals surface area contributed by atoms with Crippen LogP contribution in [0.5, 0.6) is 0 Å². The summed E-state index contributed by atoms with van der Waals surface area (Å²) in [7, 11) is 2.04. The fourth-order valence-electron chi connectivity index (χ4n) is 5.09. The van der Waals surface area contributed by atoms with Gasteiger partial charge >= 0.3 is 0 Å². The zero-order valence-corrected chi connectivity index (χ0v) is 13.9. The zero-order chi connectivity index (χ0) is 14.7. The standard InChI is InChI=1S/C17H29N3/c1-11-14(12(2)20(6)19-11)10-18-15-16(3,4)13-7-8-17(15,5)9-13/h13,15,18H,7-10H2,1-6H3/t13-,15?,17+/m0/s1. The van der Waals surface area contributed by atoms with Crippen LogP contribution >= 0.6 is 0 Å². The molecule has 3 rings (SSSR count). The largest absolute Gasteiger partial charge is 0.309 e. The minimum atomic E-state index is 0.428. The molecule has 1 aromatic rings. The first-order valence-corrected chi connectivity index (χ1v) is 7.98. The minimum Gasteiger partial charge on any atom is -0.309 e. The predicted octanol–water partition coefficient (Wildman–Crippen LogP) is 3.34. The normalized spacial score (nSPS) is 34.9. The van der Waals surface area contributed by atoms with Gasteiger partial charge in [0.1, 0.15) is 0 Å². The third-order valence-electron chi connectivity index (χ3n) is 6.41. The van der Waals surface area contributed by atoms with Gasteiger partial charge in [0.15, 0.2) is 0 Å². The average Bonchev–Trinajstić information content (AvgIpc) is 2.91. The van der Waals surface area contributed by atoms with Crippen LogP contribution in [0, 0.1) is 30.6 Å². The smallest absolute Gasteiger partial charge is 0.0641 e. The van der Waals surface area contributed by atoms with E-state index in [4.69, 9.17) is 0 Å². The zero-order valence-electron chi connectivity index (χ0n) is 13.9. The summed E-state index contributed by atoms with van der Waals surface area (Å²) in [6, 6.07) is 0.632. The Hall–Kier alpha value is -0.830. The molecule has 1 aromatic heterocycles. The van der Waals surface area contributed by atoms with Crippen molar-refractivity contribution in [2.24, 2.45) is 23.8 Å². The van der Waals surface area contributed by atoms with Crippen LogP contribution in [0.3, 0.4) is 0 Å². The van der Waals surface area contributed by atoms with Gasteiger partial charge in [-0.15, -0.1) is 0 Å². The molecule has 0 aliphatic heterocycles. The Kier molecular flexibility index (Phi) is 3.06. The Labute approximate surface area is 123 Å². The molecule has 2 aliphatic rings. The SMILES string of the molecule is Cc1nn(C)c(C)c1CNC1C(C)(C)[C@H]2CC[C@]1(C)C2. The van der Waals surface area contributed by atoms with Crippen molar-refractivity contribution in [1.29, 1.82) is 0 Å². The Morgan fingerprint density at radius 2 is 2.00 bits per heavy atom. The Bertz CT molecular complexity index is 524. The fraction of sp³-hybridized carbons (Fsp3) is 0.824. The number of aromatic nitrogens is 2. The van der Waals surface area contributed by atoms with Crippen molar-refractivity contribution >= 4 is 0 Å². The van der Waals surface area contributed by atoms with Gasteiger partial charge in [-0.3, -0.25) is 4.68 Å². The van der Waals surface area contributed by atoms with Gasteiger partial charge in [0, 0.05) is 30.9 Å². The lowest BCUT2D eigenvalue weighted by atomic mass is 9.68. The number of nitrogens with one attached hydrogen (secondary N) is 1. The van der Waals surface area contributed by atoms with Crippen LogP contribution in [0.25, 0.3) is 0 Å². The van der Waals surface area contributed by atoms with Crippen molar-refractivity contribution in [2.75, 3.05) is 0 Å². The van der Waals surface area contributed by atoms with E-state index in [0.717, 1.165) is 12.5 Å². The third kappa shape index (κ3) is 1.86. The van der Waals surface area contributed by atoms with E-state index in [-0.39, 0.29) is 0 Å². The van der Waals surface area contributed by atoms with Crippen LogP contribution in [-0.2, 0) is 13.6 Å². The van der Waals surface area contributed by atoms with E-state index in [2.05, 4.69) is 45.0 Å². The molecule has 0 spiro atoms. The molecule has 0 amide bonds. The van der Waals surface area contributed by atoms with Gasteiger partial charge in [-0.1, -0.05) is 20.8 Å². The van der Waals surface area contributed by atoms with Gasteiger partial charge < -0.3 is 5.32 Å². The lowest BCUT2D eigenvalue weighted by molar-refractivity contribution is 0.108. The number of hydrogen-bond acceptors (Lipinski definition) is 2. The van der Waals surface area contributed by atoms with Crippen LogP contribution in [-0.4, -0.2) is 15.8 Å². The topological polar surface area (TPSA) is 29.9 Å². The first-order valence-electron chi connectivity index (χ1n) is 7.98. The molecule has 3 nitrogen and oxygen atoms in total. The van der Waals surface area contributed by atoms with Crippen molar-refractivity contribution in [3.63, 3.8) is 0 Å². The summed E-state index contributed by atoms with van der Waals surface area (Å²) >= 11 is 0. The fourth-order valence-corrected chi connectivity index (χ4v) is 5.09. The number of hydrogen-bond donors (Lipinski definition) is 1. The molecule has 2 saturated carbocycles. The summed E-state index contributed by atoms with van der Waals surface area (Å²) in [5.74, 6) is 0.904. The van der Waals surface area contributed by atoms with Crippen LogP contribution in [0.4, 0.5) is 0 Å². The Balaban J connectivity index is 1.78. The molecule has 0 aromatic carbocycles. The number of aryl methyl sites for hydroxylation is 2. The van der Waals surface area contributed by atoms with E-state index >= 15 is 0 Å². The maximum Gasteiger partial charge on any atom is 0.0641 e.